The number of ether oxygens (including phenoxy) is 1. The quantitative estimate of drug-likeness (QED) is 0.817. The fraction of sp³-hybridized carbons (Fsp3) is 0.667. The first kappa shape index (κ1) is 16.3. The van der Waals surface area contributed by atoms with Crippen LogP contribution in [-0.4, -0.2) is 42.4 Å². The Kier molecular flexibility index (Phi) is 5.65. The van der Waals surface area contributed by atoms with Gasteiger partial charge >= 0.3 is 0 Å². The summed E-state index contributed by atoms with van der Waals surface area (Å²) in [6, 6.07) is 8.77. The third kappa shape index (κ3) is 4.72. The average Bonchev–Trinajstić information content (AvgIpc) is 2.90. The predicted molar refractivity (Wildman–Crippen MR) is 86.9 cm³/mol. The van der Waals surface area contributed by atoms with Gasteiger partial charge in [0.05, 0.1) is 13.2 Å². The molecule has 118 valence electrons. The van der Waals surface area contributed by atoms with E-state index in [1.54, 1.807) is 0 Å². The van der Waals surface area contributed by atoms with Crippen LogP contribution < -0.4 is 4.74 Å². The normalized spacial score (nSPS) is 19.9. The van der Waals surface area contributed by atoms with Gasteiger partial charge in [0, 0.05) is 12.6 Å². The lowest BCUT2D eigenvalue weighted by Crippen LogP contribution is -2.33. The number of likely N-dealkylation sites (tertiary alicyclic amines) is 1. The zero-order chi connectivity index (χ0) is 15.3. The number of benzene rings is 1. The molecule has 0 bridgehead atoms. The van der Waals surface area contributed by atoms with Crippen LogP contribution in [-0.2, 0) is 5.41 Å². The summed E-state index contributed by atoms with van der Waals surface area (Å²) < 4.78 is 5.88. The molecule has 3 nitrogen and oxygen atoms in total. The van der Waals surface area contributed by atoms with Crippen LogP contribution in [0, 0.1) is 0 Å². The first-order valence-corrected chi connectivity index (χ1v) is 8.09. The molecule has 0 unspecified atom stereocenters. The molecular formula is C18H29NO2. The Labute approximate surface area is 128 Å². The van der Waals surface area contributed by atoms with Crippen LogP contribution in [0.1, 0.15) is 45.6 Å². The highest BCUT2D eigenvalue weighted by atomic mass is 16.5. The van der Waals surface area contributed by atoms with Gasteiger partial charge in [-0.2, -0.15) is 0 Å². The van der Waals surface area contributed by atoms with E-state index in [4.69, 9.17) is 4.74 Å². The zero-order valence-corrected chi connectivity index (χ0v) is 13.6. The van der Waals surface area contributed by atoms with Gasteiger partial charge in [-0.3, -0.25) is 4.90 Å². The van der Waals surface area contributed by atoms with Gasteiger partial charge < -0.3 is 9.84 Å². The monoisotopic (exact) mass is 291 g/mol. The van der Waals surface area contributed by atoms with Crippen molar-refractivity contribution in [2.24, 2.45) is 0 Å². The van der Waals surface area contributed by atoms with E-state index >= 15 is 0 Å². The number of rotatable bonds is 6. The molecule has 0 spiro atoms. The van der Waals surface area contributed by atoms with Crippen molar-refractivity contribution in [2.75, 3.05) is 26.3 Å². The van der Waals surface area contributed by atoms with Crippen molar-refractivity contribution in [1.29, 1.82) is 0 Å². The van der Waals surface area contributed by atoms with E-state index in [9.17, 15) is 5.11 Å². The maximum absolute atomic E-state index is 9.30. The topological polar surface area (TPSA) is 32.7 Å². The first-order chi connectivity index (χ1) is 10.0. The third-order valence-electron chi connectivity index (χ3n) is 4.27. The Balaban J connectivity index is 1.76. The molecule has 3 heteroatoms. The van der Waals surface area contributed by atoms with Crippen molar-refractivity contribution in [3.05, 3.63) is 29.8 Å². The van der Waals surface area contributed by atoms with Crippen molar-refractivity contribution in [3.63, 3.8) is 0 Å². The molecule has 1 heterocycles. The Morgan fingerprint density at radius 1 is 1.33 bits per heavy atom. The average molecular weight is 291 g/mol. The molecule has 0 aliphatic carbocycles. The molecule has 1 aromatic rings. The molecule has 1 N–H and O–H groups in total. The fourth-order valence-corrected chi connectivity index (χ4v) is 2.91. The molecule has 1 aliphatic heterocycles. The Morgan fingerprint density at radius 2 is 2.14 bits per heavy atom. The maximum atomic E-state index is 9.30. The number of aliphatic hydroxyl groups excluding tert-OH is 1. The minimum Gasteiger partial charge on any atom is -0.494 e. The SMILES string of the molecule is CC(C)(C)c1cccc(OCCCN2CCC[C@H]2CO)c1. The van der Waals surface area contributed by atoms with E-state index < -0.39 is 0 Å². The second-order valence-corrected chi connectivity index (χ2v) is 6.99. The summed E-state index contributed by atoms with van der Waals surface area (Å²) in [6.45, 7) is 9.81. The minimum absolute atomic E-state index is 0.156. The smallest absolute Gasteiger partial charge is 0.119 e. The standard InChI is InChI=1S/C18H29NO2/c1-18(2,3)15-7-4-9-17(13-15)21-12-6-11-19-10-5-8-16(19)14-20/h4,7,9,13,16,20H,5-6,8,10-12,14H2,1-3H3/t16-/m0/s1. The summed E-state index contributed by atoms with van der Waals surface area (Å²) >= 11 is 0. The number of hydrogen-bond donors (Lipinski definition) is 1. The lowest BCUT2D eigenvalue weighted by Gasteiger charge is -2.22. The summed E-state index contributed by atoms with van der Waals surface area (Å²) in [5, 5.41) is 9.30. The largest absolute Gasteiger partial charge is 0.494 e. The van der Waals surface area contributed by atoms with Crippen molar-refractivity contribution in [1.82, 2.24) is 4.90 Å². The van der Waals surface area contributed by atoms with Crippen molar-refractivity contribution >= 4 is 0 Å². The van der Waals surface area contributed by atoms with E-state index in [-0.39, 0.29) is 12.0 Å². The second kappa shape index (κ2) is 7.28. The van der Waals surface area contributed by atoms with Gasteiger partial charge in [0.1, 0.15) is 5.75 Å². The molecule has 0 radical (unpaired) electrons. The van der Waals surface area contributed by atoms with Crippen LogP contribution >= 0.6 is 0 Å². The highest BCUT2D eigenvalue weighted by Crippen LogP contribution is 2.25. The van der Waals surface area contributed by atoms with Crippen molar-refractivity contribution < 1.29 is 9.84 Å². The summed E-state index contributed by atoms with van der Waals surface area (Å²) in [7, 11) is 0. The number of hydrogen-bond acceptors (Lipinski definition) is 3. The molecule has 0 amide bonds. The minimum atomic E-state index is 0.156. The predicted octanol–water partition coefficient (Wildman–Crippen LogP) is 3.21. The van der Waals surface area contributed by atoms with Crippen LogP contribution in [0.2, 0.25) is 0 Å². The van der Waals surface area contributed by atoms with E-state index in [0.29, 0.717) is 6.04 Å². The van der Waals surface area contributed by atoms with Crippen LogP contribution in [0.5, 0.6) is 5.75 Å². The Morgan fingerprint density at radius 3 is 2.86 bits per heavy atom. The van der Waals surface area contributed by atoms with Gasteiger partial charge in [0.15, 0.2) is 0 Å². The maximum Gasteiger partial charge on any atom is 0.119 e. The van der Waals surface area contributed by atoms with E-state index in [1.165, 1.54) is 12.0 Å². The highest BCUT2D eigenvalue weighted by Gasteiger charge is 2.22. The van der Waals surface area contributed by atoms with Crippen molar-refractivity contribution in [3.8, 4) is 5.75 Å². The van der Waals surface area contributed by atoms with Crippen LogP contribution in [0.25, 0.3) is 0 Å². The summed E-state index contributed by atoms with van der Waals surface area (Å²) in [6.07, 6.45) is 3.35. The molecule has 1 saturated heterocycles. The first-order valence-electron chi connectivity index (χ1n) is 8.09. The van der Waals surface area contributed by atoms with Crippen LogP contribution in [0.15, 0.2) is 24.3 Å². The molecular weight excluding hydrogens is 262 g/mol. The fourth-order valence-electron chi connectivity index (χ4n) is 2.91. The molecule has 2 rings (SSSR count). The van der Waals surface area contributed by atoms with Gasteiger partial charge in [-0.15, -0.1) is 0 Å². The van der Waals surface area contributed by atoms with Gasteiger partial charge in [0.25, 0.3) is 0 Å². The summed E-state index contributed by atoms with van der Waals surface area (Å²) in [5.41, 5.74) is 1.46. The lowest BCUT2D eigenvalue weighted by atomic mass is 9.87. The van der Waals surface area contributed by atoms with Gasteiger partial charge in [0.2, 0.25) is 0 Å². The van der Waals surface area contributed by atoms with Gasteiger partial charge in [-0.05, 0) is 48.9 Å². The Hall–Kier alpha value is -1.06. The van der Waals surface area contributed by atoms with Crippen LogP contribution in [0.4, 0.5) is 0 Å². The molecule has 21 heavy (non-hydrogen) atoms. The van der Waals surface area contributed by atoms with Crippen molar-refractivity contribution in [2.45, 2.75) is 51.5 Å². The molecule has 1 fully saturated rings. The van der Waals surface area contributed by atoms with E-state index in [0.717, 1.165) is 38.3 Å². The Bertz CT molecular complexity index is 439. The van der Waals surface area contributed by atoms with E-state index in [2.05, 4.69) is 43.9 Å². The van der Waals surface area contributed by atoms with E-state index in [1.807, 2.05) is 6.07 Å². The summed E-state index contributed by atoms with van der Waals surface area (Å²) in [4.78, 5) is 2.38. The molecule has 1 aromatic carbocycles. The van der Waals surface area contributed by atoms with Gasteiger partial charge in [-0.1, -0.05) is 32.9 Å². The molecule has 1 aliphatic rings. The second-order valence-electron chi connectivity index (χ2n) is 6.99. The molecule has 1 atom stereocenters. The molecule has 0 saturated carbocycles. The number of aliphatic hydroxyl groups is 1. The van der Waals surface area contributed by atoms with Gasteiger partial charge in [-0.25, -0.2) is 0 Å². The highest BCUT2D eigenvalue weighted by molar-refractivity contribution is 5.32. The third-order valence-corrected chi connectivity index (χ3v) is 4.27. The number of nitrogens with zero attached hydrogens (tertiary/aromatic N) is 1. The van der Waals surface area contributed by atoms with Crippen LogP contribution in [0.3, 0.4) is 0 Å². The zero-order valence-electron chi connectivity index (χ0n) is 13.6. The molecule has 0 aromatic heterocycles. The lowest BCUT2D eigenvalue weighted by molar-refractivity contribution is 0.150. The summed E-state index contributed by atoms with van der Waals surface area (Å²) in [5.74, 6) is 0.961.